The molecule has 0 aromatic heterocycles. The van der Waals surface area contributed by atoms with E-state index in [0.29, 0.717) is 17.3 Å². The zero-order valence-corrected chi connectivity index (χ0v) is 35.1. The summed E-state index contributed by atoms with van der Waals surface area (Å²) in [5.41, 5.74) is 2.31. The van der Waals surface area contributed by atoms with Crippen molar-refractivity contribution >= 4 is 5.97 Å². The third-order valence-electron chi connectivity index (χ3n) is 14.4. The lowest BCUT2D eigenvalue weighted by atomic mass is 9.47. The van der Waals surface area contributed by atoms with Crippen molar-refractivity contribution in [3.63, 3.8) is 0 Å². The Bertz CT molecular complexity index is 1350. The maximum Gasteiger partial charge on any atom is 0.331 e. The van der Waals surface area contributed by atoms with Crippen LogP contribution in [0.1, 0.15) is 158 Å². The quantitative estimate of drug-likeness (QED) is 0.0411. The van der Waals surface area contributed by atoms with Crippen molar-refractivity contribution in [3.8, 4) is 0 Å². The van der Waals surface area contributed by atoms with Gasteiger partial charge >= 0.3 is 5.97 Å². The van der Waals surface area contributed by atoms with Crippen molar-refractivity contribution in [2.24, 2.45) is 52.3 Å². The SMILES string of the molecule is CCCCCCCCC/C=C/C=C/C=C/C=C/C=C/C=C/C(=O)O[C@H]1CC[C@@]2(C)C(=CC[C@H]3[C@@H]4CC[C@H]([C@H](C)/C=C/[C@@H](CC)C(C)C)[C@@]4(C)CC[C@@H]32)C1. The van der Waals surface area contributed by atoms with E-state index in [2.05, 4.69) is 91.0 Å². The maximum atomic E-state index is 12.7. The van der Waals surface area contributed by atoms with Gasteiger partial charge in [0.05, 0.1) is 0 Å². The molecule has 294 valence electrons. The van der Waals surface area contributed by atoms with E-state index in [9.17, 15) is 4.79 Å². The summed E-state index contributed by atoms with van der Waals surface area (Å²) in [6, 6.07) is 0. The molecule has 0 unspecified atom stereocenters. The van der Waals surface area contributed by atoms with Crippen LogP contribution in [0.4, 0.5) is 0 Å². The summed E-state index contributed by atoms with van der Waals surface area (Å²) in [7, 11) is 0. The molecule has 0 bridgehead atoms. The van der Waals surface area contributed by atoms with Crippen LogP contribution in [0.25, 0.3) is 0 Å². The van der Waals surface area contributed by atoms with Gasteiger partial charge in [0, 0.05) is 12.5 Å². The minimum Gasteiger partial charge on any atom is -0.459 e. The molecule has 4 aliphatic carbocycles. The van der Waals surface area contributed by atoms with E-state index in [4.69, 9.17) is 4.74 Å². The highest BCUT2D eigenvalue weighted by molar-refractivity contribution is 5.82. The largest absolute Gasteiger partial charge is 0.459 e. The highest BCUT2D eigenvalue weighted by Crippen LogP contribution is 2.67. The summed E-state index contributed by atoms with van der Waals surface area (Å²) in [5, 5.41) is 0. The Labute approximate surface area is 327 Å². The molecule has 4 aliphatic rings. The zero-order chi connectivity index (χ0) is 38.1. The van der Waals surface area contributed by atoms with Gasteiger partial charge in [-0.2, -0.15) is 0 Å². The third-order valence-corrected chi connectivity index (χ3v) is 14.4. The second kappa shape index (κ2) is 22.1. The van der Waals surface area contributed by atoms with Crippen LogP contribution in [0.2, 0.25) is 0 Å². The van der Waals surface area contributed by atoms with Crippen LogP contribution in [0, 0.1) is 52.3 Å². The lowest BCUT2D eigenvalue weighted by Gasteiger charge is -2.58. The van der Waals surface area contributed by atoms with Gasteiger partial charge in [-0.25, -0.2) is 4.79 Å². The minimum absolute atomic E-state index is 0.00426. The van der Waals surface area contributed by atoms with Gasteiger partial charge in [-0.15, -0.1) is 0 Å². The van der Waals surface area contributed by atoms with E-state index in [1.54, 1.807) is 17.7 Å². The molecule has 53 heavy (non-hydrogen) atoms. The number of ether oxygens (including phenoxy) is 1. The lowest BCUT2D eigenvalue weighted by Crippen LogP contribution is -2.51. The van der Waals surface area contributed by atoms with Gasteiger partial charge in [0.15, 0.2) is 0 Å². The maximum absolute atomic E-state index is 12.7. The highest BCUT2D eigenvalue weighted by Gasteiger charge is 2.59. The molecule has 0 aromatic rings. The number of esters is 1. The Balaban J connectivity index is 1.17. The predicted octanol–water partition coefficient (Wildman–Crippen LogP) is 14.8. The fourth-order valence-electron chi connectivity index (χ4n) is 11.2. The average Bonchev–Trinajstić information content (AvgIpc) is 3.50. The van der Waals surface area contributed by atoms with E-state index in [1.807, 2.05) is 36.5 Å². The Morgan fingerprint density at radius 3 is 2.11 bits per heavy atom. The first-order valence-electron chi connectivity index (χ1n) is 22.2. The molecule has 0 spiro atoms. The van der Waals surface area contributed by atoms with E-state index in [0.717, 1.165) is 48.9 Å². The number of hydrogen-bond acceptors (Lipinski definition) is 2. The third kappa shape index (κ3) is 12.2. The molecule has 0 N–H and O–H groups in total. The first-order valence-corrected chi connectivity index (χ1v) is 22.2. The topological polar surface area (TPSA) is 26.3 Å². The van der Waals surface area contributed by atoms with Crippen LogP contribution < -0.4 is 0 Å². The normalized spacial score (nSPS) is 31.8. The summed E-state index contributed by atoms with van der Waals surface area (Å²) < 4.78 is 6.00. The first-order chi connectivity index (χ1) is 25.6. The number of rotatable bonds is 20. The van der Waals surface area contributed by atoms with E-state index in [1.165, 1.54) is 89.9 Å². The molecule has 0 aromatic carbocycles. The molecular weight excluding hydrogens is 645 g/mol. The number of allylic oxidation sites excluding steroid dienone is 14. The smallest absolute Gasteiger partial charge is 0.331 e. The molecule has 0 saturated heterocycles. The summed E-state index contributed by atoms with van der Waals surface area (Å²) >= 11 is 0. The van der Waals surface area contributed by atoms with E-state index in [-0.39, 0.29) is 17.5 Å². The fraction of sp³-hybridized carbons (Fsp3) is 0.667. The number of unbranched alkanes of at least 4 members (excludes halogenated alkanes) is 7. The van der Waals surface area contributed by atoms with Crippen molar-refractivity contribution < 1.29 is 9.53 Å². The molecule has 3 saturated carbocycles. The second-order valence-corrected chi connectivity index (χ2v) is 18.1. The number of fused-ring (bicyclic) bond motifs is 5. The monoisotopic (exact) mass is 723 g/mol. The Hall–Kier alpha value is -2.61. The van der Waals surface area contributed by atoms with Gasteiger partial charge in [0.1, 0.15) is 6.10 Å². The Morgan fingerprint density at radius 2 is 1.43 bits per heavy atom. The van der Waals surface area contributed by atoms with Gasteiger partial charge in [-0.05, 0) is 116 Å². The van der Waals surface area contributed by atoms with Gasteiger partial charge in [0.25, 0.3) is 0 Å². The predicted molar refractivity (Wildman–Crippen MR) is 229 cm³/mol. The molecule has 0 amide bonds. The van der Waals surface area contributed by atoms with Crippen molar-refractivity contribution in [1.82, 2.24) is 0 Å². The zero-order valence-electron chi connectivity index (χ0n) is 35.1. The molecule has 2 heteroatoms. The highest BCUT2D eigenvalue weighted by atomic mass is 16.5. The average molecular weight is 723 g/mol. The molecule has 3 fully saturated rings. The standard InChI is InChI=1S/C51H78O2/c1-8-10-11-12-13-14-15-16-17-18-19-20-21-22-23-24-25-26-27-28-49(52)53-44-35-37-50(6)43(39-44)31-32-45-47-34-33-46(51(47,7)38-36-48(45)50)41(5)29-30-42(9-2)40(3)4/h17-31,40-42,44-48H,8-16,32-39H2,1-7H3/b18-17+,20-19+,22-21+,24-23+,26-25+,28-27+,30-29+/t41-,42-,44+,45+,46-,47+,48+,50+,51-/m1/s1. The number of hydrogen-bond donors (Lipinski definition) is 0. The fourth-order valence-corrected chi connectivity index (χ4v) is 11.2. The van der Waals surface area contributed by atoms with Crippen LogP contribution >= 0.6 is 0 Å². The van der Waals surface area contributed by atoms with Gasteiger partial charge < -0.3 is 4.74 Å². The molecule has 0 heterocycles. The van der Waals surface area contributed by atoms with E-state index >= 15 is 0 Å². The Morgan fingerprint density at radius 1 is 0.774 bits per heavy atom. The van der Waals surface area contributed by atoms with Gasteiger partial charge in [-0.3, -0.25) is 0 Å². The number of carbonyl (C=O) groups is 1. The molecular formula is C51H78O2. The van der Waals surface area contributed by atoms with Crippen LogP contribution in [0.5, 0.6) is 0 Å². The summed E-state index contributed by atoms with van der Waals surface area (Å²) in [6.07, 6.45) is 53.3. The molecule has 2 nitrogen and oxygen atoms in total. The van der Waals surface area contributed by atoms with Crippen LogP contribution in [0.15, 0.2) is 96.7 Å². The van der Waals surface area contributed by atoms with Crippen molar-refractivity contribution in [2.45, 2.75) is 164 Å². The van der Waals surface area contributed by atoms with Crippen molar-refractivity contribution in [2.75, 3.05) is 0 Å². The summed E-state index contributed by atoms with van der Waals surface area (Å²) in [5.74, 6) is 5.10. The van der Waals surface area contributed by atoms with Crippen molar-refractivity contribution in [3.05, 3.63) is 96.7 Å². The summed E-state index contributed by atoms with van der Waals surface area (Å²) in [4.78, 5) is 12.7. The van der Waals surface area contributed by atoms with Crippen LogP contribution in [0.3, 0.4) is 0 Å². The Kier molecular flexibility index (Phi) is 18.0. The molecule has 0 radical (unpaired) electrons. The number of carbonyl (C=O) groups excluding carboxylic acids is 1. The molecule has 0 aliphatic heterocycles. The van der Waals surface area contributed by atoms with Gasteiger partial charge in [0.2, 0.25) is 0 Å². The second-order valence-electron chi connectivity index (χ2n) is 18.1. The van der Waals surface area contributed by atoms with E-state index < -0.39 is 0 Å². The minimum atomic E-state index is -0.223. The lowest BCUT2D eigenvalue weighted by molar-refractivity contribution is -0.145. The molecule has 9 atom stereocenters. The summed E-state index contributed by atoms with van der Waals surface area (Å²) in [6.45, 7) is 17.1. The van der Waals surface area contributed by atoms with Gasteiger partial charge in [-0.1, -0.05) is 178 Å². The first kappa shape index (κ1) is 43.1. The van der Waals surface area contributed by atoms with Crippen LogP contribution in [-0.2, 0) is 9.53 Å². The van der Waals surface area contributed by atoms with Crippen LogP contribution in [-0.4, -0.2) is 12.1 Å². The van der Waals surface area contributed by atoms with Crippen molar-refractivity contribution in [1.29, 1.82) is 0 Å². The molecule has 4 rings (SSSR count).